The van der Waals surface area contributed by atoms with E-state index in [1.165, 1.54) is 18.2 Å². The highest BCUT2D eigenvalue weighted by molar-refractivity contribution is 5.83. The molecule has 28 heavy (non-hydrogen) atoms. The highest BCUT2D eigenvalue weighted by Gasteiger charge is 2.04. The van der Waals surface area contributed by atoms with Crippen LogP contribution in [0.1, 0.15) is 11.1 Å². The maximum atomic E-state index is 11.1. The minimum absolute atomic E-state index is 0.337. The van der Waals surface area contributed by atoms with Crippen molar-refractivity contribution in [2.45, 2.75) is 13.8 Å². The third kappa shape index (κ3) is 4.02. The Bertz CT molecular complexity index is 1330. The number of rotatable bonds is 1. The van der Waals surface area contributed by atoms with E-state index < -0.39 is 5.63 Å². The summed E-state index contributed by atoms with van der Waals surface area (Å²) in [6.07, 6.45) is 1.56. The van der Waals surface area contributed by atoms with E-state index in [0.29, 0.717) is 22.6 Å². The van der Waals surface area contributed by atoms with Gasteiger partial charge in [0.05, 0.1) is 0 Å². The molecule has 7 nitrogen and oxygen atoms in total. The molecule has 0 atom stereocenters. The molecular formula is C21H16N2O5. The highest BCUT2D eigenvalue weighted by atomic mass is 16.5. The van der Waals surface area contributed by atoms with Crippen molar-refractivity contribution in [2.75, 3.05) is 5.73 Å². The fourth-order valence-corrected chi connectivity index (χ4v) is 2.76. The molecule has 2 heterocycles. The van der Waals surface area contributed by atoms with Crippen LogP contribution in [-0.2, 0) is 0 Å². The van der Waals surface area contributed by atoms with E-state index in [0.717, 1.165) is 21.9 Å². The van der Waals surface area contributed by atoms with Gasteiger partial charge in [-0.3, -0.25) is 0 Å². The molecule has 0 unspecified atom stereocenters. The van der Waals surface area contributed by atoms with Gasteiger partial charge in [0.2, 0.25) is 0 Å². The van der Waals surface area contributed by atoms with Crippen molar-refractivity contribution in [1.82, 2.24) is 0 Å². The van der Waals surface area contributed by atoms with Crippen LogP contribution in [-0.4, -0.2) is 0 Å². The van der Waals surface area contributed by atoms with Crippen molar-refractivity contribution in [3.63, 3.8) is 0 Å². The van der Waals surface area contributed by atoms with Gasteiger partial charge in [0.15, 0.2) is 0 Å². The van der Waals surface area contributed by atoms with Gasteiger partial charge in [0, 0.05) is 40.7 Å². The quantitative estimate of drug-likeness (QED) is 0.306. The molecule has 0 aliphatic carbocycles. The second kappa shape index (κ2) is 7.68. The monoisotopic (exact) mass is 376 g/mol. The zero-order valence-electron chi connectivity index (χ0n) is 15.2. The van der Waals surface area contributed by atoms with Gasteiger partial charge in [-0.1, -0.05) is 0 Å². The number of benzene rings is 2. The number of ether oxygens (including phenoxy) is 1. The lowest BCUT2D eigenvalue weighted by molar-refractivity contribution is 0.503. The number of hydrogen-bond donors (Lipinski definition) is 1. The van der Waals surface area contributed by atoms with E-state index in [4.69, 9.17) is 19.8 Å². The van der Waals surface area contributed by atoms with Crippen LogP contribution < -0.4 is 21.7 Å². The molecule has 2 N–H and O–H groups in total. The van der Waals surface area contributed by atoms with Gasteiger partial charge in [0.1, 0.15) is 16.9 Å². The largest absolute Gasteiger partial charge is 0.423 e. The summed E-state index contributed by atoms with van der Waals surface area (Å²) >= 11 is 0. The van der Waals surface area contributed by atoms with Gasteiger partial charge >= 0.3 is 11.3 Å². The summed E-state index contributed by atoms with van der Waals surface area (Å²) in [7, 11) is 0. The molecule has 0 radical (unpaired) electrons. The molecule has 0 spiro atoms. The maximum Gasteiger partial charge on any atom is 0.336 e. The predicted molar refractivity (Wildman–Crippen MR) is 105 cm³/mol. The summed E-state index contributed by atoms with van der Waals surface area (Å²) in [5.41, 5.74) is 8.13. The van der Waals surface area contributed by atoms with Gasteiger partial charge in [-0.15, -0.1) is 5.26 Å². The highest BCUT2D eigenvalue weighted by Crippen LogP contribution is 2.22. The number of nitrogen functional groups attached to an aromatic ring is 1. The molecule has 0 aliphatic heterocycles. The van der Waals surface area contributed by atoms with Gasteiger partial charge in [-0.25, -0.2) is 9.59 Å². The first-order valence-electron chi connectivity index (χ1n) is 8.28. The molecule has 4 rings (SSSR count). The molecule has 2 aromatic heterocycles. The van der Waals surface area contributed by atoms with Gasteiger partial charge in [-0.2, -0.15) is 0 Å². The van der Waals surface area contributed by atoms with Crippen molar-refractivity contribution in [3.05, 3.63) is 80.5 Å². The summed E-state index contributed by atoms with van der Waals surface area (Å²) in [4.78, 5) is 22.1. The normalized spacial score (nSPS) is 10.2. The summed E-state index contributed by atoms with van der Waals surface area (Å²) in [5.74, 6) is 0.360. The first-order chi connectivity index (χ1) is 13.4. The van der Waals surface area contributed by atoms with Crippen molar-refractivity contribution in [3.8, 4) is 12.0 Å². The molecule has 140 valence electrons. The van der Waals surface area contributed by atoms with Crippen LogP contribution in [0.25, 0.3) is 21.9 Å². The fourth-order valence-electron chi connectivity index (χ4n) is 2.76. The fraction of sp³-hybridized carbons (Fsp3) is 0.0952. The Hall–Kier alpha value is -4.05. The third-order valence-corrected chi connectivity index (χ3v) is 4.06. The zero-order valence-corrected chi connectivity index (χ0v) is 15.2. The molecule has 0 fully saturated rings. The lowest BCUT2D eigenvalue weighted by atomic mass is 10.1. The topological polar surface area (TPSA) is 119 Å². The maximum absolute atomic E-state index is 11.1. The Labute approximate surface area is 159 Å². The number of nitrogens with two attached hydrogens (primary N) is 1. The predicted octanol–water partition coefficient (Wildman–Crippen LogP) is 3.64. The van der Waals surface area contributed by atoms with E-state index in [2.05, 4.69) is 4.74 Å². The van der Waals surface area contributed by atoms with Crippen LogP contribution in [0.15, 0.2) is 67.0 Å². The van der Waals surface area contributed by atoms with E-state index in [1.54, 1.807) is 30.5 Å². The minimum Gasteiger partial charge on any atom is -0.423 e. The van der Waals surface area contributed by atoms with Crippen molar-refractivity contribution in [1.29, 1.82) is 5.26 Å². The second-order valence-electron chi connectivity index (χ2n) is 6.10. The molecular weight excluding hydrogens is 360 g/mol. The lowest BCUT2D eigenvalue weighted by Gasteiger charge is -2.01. The number of hydrogen-bond acceptors (Lipinski definition) is 7. The third-order valence-electron chi connectivity index (χ3n) is 4.06. The summed E-state index contributed by atoms with van der Waals surface area (Å²) in [5, 5.41) is 10.1. The van der Waals surface area contributed by atoms with Gasteiger partial charge < -0.3 is 19.3 Å². The molecule has 0 aliphatic rings. The summed E-state index contributed by atoms with van der Waals surface area (Å²) in [6.45, 7) is 3.69. The number of anilines is 1. The van der Waals surface area contributed by atoms with E-state index in [1.807, 2.05) is 19.9 Å². The van der Waals surface area contributed by atoms with Gasteiger partial charge in [0.25, 0.3) is 6.26 Å². The molecule has 0 saturated carbocycles. The van der Waals surface area contributed by atoms with Crippen LogP contribution >= 0.6 is 0 Å². The molecule has 4 aromatic rings. The van der Waals surface area contributed by atoms with Gasteiger partial charge in [-0.05, 0) is 49.2 Å². The molecule has 7 heteroatoms. The number of nitrogens with zero attached hydrogens (tertiary/aromatic N) is 1. The van der Waals surface area contributed by atoms with Crippen molar-refractivity contribution < 1.29 is 13.6 Å². The smallest absolute Gasteiger partial charge is 0.336 e. The van der Waals surface area contributed by atoms with Crippen LogP contribution in [0.2, 0.25) is 0 Å². The van der Waals surface area contributed by atoms with E-state index in [9.17, 15) is 9.59 Å². The average Bonchev–Trinajstić information content (AvgIpc) is 2.61. The second-order valence-corrected chi connectivity index (χ2v) is 6.10. The lowest BCUT2D eigenvalue weighted by Crippen LogP contribution is -1.98. The van der Waals surface area contributed by atoms with Crippen LogP contribution in [0.3, 0.4) is 0 Å². The van der Waals surface area contributed by atoms with Crippen molar-refractivity contribution in [2.24, 2.45) is 0 Å². The van der Waals surface area contributed by atoms with E-state index in [-0.39, 0.29) is 5.63 Å². The number of aryl methyl sites for hydroxylation is 2. The van der Waals surface area contributed by atoms with Crippen LogP contribution in [0, 0.1) is 25.4 Å². The Morgan fingerprint density at radius 1 is 0.857 bits per heavy atom. The SMILES string of the molecule is Cc1cc(=O)oc2cc(N)ccc12.Cc1cc(=O)oc2cc(OC#N)ccc12. The standard InChI is InChI=1S/C11H7NO3.C10H9NO2/c1-7-4-11(13)15-10-5-8(14-6-12)2-3-9(7)10;1-6-4-10(12)13-9-5-7(11)2-3-8(6)9/h2-5H,1H3;2-5H,11H2,1H3. The molecule has 2 aromatic carbocycles. The zero-order chi connectivity index (χ0) is 20.3. The molecule has 0 amide bonds. The Morgan fingerprint density at radius 3 is 1.96 bits per heavy atom. The molecule has 0 saturated heterocycles. The summed E-state index contributed by atoms with van der Waals surface area (Å²) in [6, 6.07) is 13.1. The van der Waals surface area contributed by atoms with Crippen molar-refractivity contribution >= 4 is 27.6 Å². The number of fused-ring (bicyclic) bond motifs is 2. The van der Waals surface area contributed by atoms with Crippen LogP contribution in [0.5, 0.6) is 5.75 Å². The first kappa shape index (κ1) is 18.7. The minimum atomic E-state index is -0.408. The van der Waals surface area contributed by atoms with E-state index >= 15 is 0 Å². The Balaban J connectivity index is 0.000000162. The first-order valence-corrected chi connectivity index (χ1v) is 8.28. The van der Waals surface area contributed by atoms with Crippen LogP contribution in [0.4, 0.5) is 5.69 Å². The average molecular weight is 376 g/mol. The Morgan fingerprint density at radius 2 is 1.39 bits per heavy atom. The number of nitriles is 1. The molecule has 0 bridgehead atoms. The summed E-state index contributed by atoms with van der Waals surface area (Å²) < 4.78 is 14.6. The Kier molecular flexibility index (Phi) is 5.14.